The monoisotopic (exact) mass is 340 g/mol. The number of benzene rings is 2. The van der Waals surface area contributed by atoms with Gasteiger partial charge in [0.1, 0.15) is 17.1 Å². The highest BCUT2D eigenvalue weighted by atomic mass is 16.5. The Morgan fingerprint density at radius 2 is 1.80 bits per heavy atom. The van der Waals surface area contributed by atoms with Gasteiger partial charge in [-0.25, -0.2) is 4.79 Å². The van der Waals surface area contributed by atoms with Crippen molar-refractivity contribution in [3.05, 3.63) is 46.8 Å². The molecule has 1 saturated heterocycles. The molecule has 0 saturated carbocycles. The molecular formula is C19H16O6. The Morgan fingerprint density at radius 3 is 2.60 bits per heavy atom. The fraction of sp³-hybridized carbons (Fsp3) is 0.263. The van der Waals surface area contributed by atoms with Crippen LogP contribution in [-0.2, 0) is 9.53 Å². The Balaban J connectivity index is 1.70. The van der Waals surface area contributed by atoms with Gasteiger partial charge in [0.25, 0.3) is 0 Å². The number of fused-ring (bicyclic) bond motifs is 3. The maximum absolute atomic E-state index is 12.2. The van der Waals surface area contributed by atoms with Crippen molar-refractivity contribution in [2.45, 2.75) is 12.8 Å². The second-order valence-electron chi connectivity index (χ2n) is 6.09. The Hall–Kier alpha value is -2.86. The van der Waals surface area contributed by atoms with Crippen molar-refractivity contribution in [1.29, 1.82) is 0 Å². The third-order valence-corrected chi connectivity index (χ3v) is 4.44. The molecule has 0 spiro atoms. The Labute approximate surface area is 142 Å². The summed E-state index contributed by atoms with van der Waals surface area (Å²) in [7, 11) is 0. The molecule has 1 fully saturated rings. The van der Waals surface area contributed by atoms with E-state index in [0.29, 0.717) is 53.5 Å². The minimum atomic E-state index is -0.550. The zero-order valence-electron chi connectivity index (χ0n) is 13.4. The van der Waals surface area contributed by atoms with Crippen LogP contribution in [0.4, 0.5) is 0 Å². The zero-order valence-corrected chi connectivity index (χ0v) is 13.4. The fourth-order valence-electron chi connectivity index (χ4n) is 3.10. The lowest BCUT2D eigenvalue weighted by Gasteiger charge is -2.20. The van der Waals surface area contributed by atoms with E-state index in [4.69, 9.17) is 13.9 Å². The second kappa shape index (κ2) is 6.22. The number of phenols is 1. The molecule has 2 aromatic carbocycles. The summed E-state index contributed by atoms with van der Waals surface area (Å²) in [5.41, 5.74) is -0.216. The van der Waals surface area contributed by atoms with Crippen molar-refractivity contribution in [2.24, 2.45) is 5.92 Å². The lowest BCUT2D eigenvalue weighted by molar-refractivity contribution is -0.141. The molecule has 25 heavy (non-hydrogen) atoms. The van der Waals surface area contributed by atoms with Crippen molar-refractivity contribution < 1.29 is 23.8 Å². The highest BCUT2D eigenvalue weighted by Gasteiger charge is 2.23. The number of aromatic hydroxyl groups is 1. The van der Waals surface area contributed by atoms with Gasteiger partial charge in [0.15, 0.2) is 0 Å². The quantitative estimate of drug-likeness (QED) is 0.334. The van der Waals surface area contributed by atoms with Crippen LogP contribution in [0.3, 0.4) is 0 Å². The van der Waals surface area contributed by atoms with E-state index in [2.05, 4.69) is 0 Å². The van der Waals surface area contributed by atoms with Gasteiger partial charge >= 0.3 is 11.6 Å². The topological polar surface area (TPSA) is 86.0 Å². The minimum Gasteiger partial charge on any atom is -0.508 e. The van der Waals surface area contributed by atoms with Gasteiger partial charge < -0.3 is 19.0 Å². The summed E-state index contributed by atoms with van der Waals surface area (Å²) >= 11 is 0. The zero-order chi connectivity index (χ0) is 17.4. The average molecular weight is 340 g/mol. The highest BCUT2D eigenvalue weighted by molar-refractivity contribution is 6.05. The van der Waals surface area contributed by atoms with Crippen LogP contribution in [0, 0.1) is 5.92 Å². The molecule has 0 amide bonds. The molecule has 0 aliphatic carbocycles. The van der Waals surface area contributed by atoms with Crippen LogP contribution in [-0.4, -0.2) is 24.3 Å². The molecular weight excluding hydrogens is 324 g/mol. The van der Waals surface area contributed by atoms with Gasteiger partial charge in [-0.05, 0) is 43.2 Å². The van der Waals surface area contributed by atoms with Gasteiger partial charge in [0, 0.05) is 30.1 Å². The van der Waals surface area contributed by atoms with Crippen molar-refractivity contribution in [1.82, 2.24) is 0 Å². The predicted molar refractivity (Wildman–Crippen MR) is 90.8 cm³/mol. The third kappa shape index (κ3) is 2.96. The number of ether oxygens (including phenoxy) is 2. The van der Waals surface area contributed by atoms with E-state index in [1.54, 1.807) is 24.3 Å². The number of phenolic OH excluding ortho intramolecular Hbond substituents is 1. The van der Waals surface area contributed by atoms with Crippen molar-refractivity contribution in [3.8, 4) is 11.5 Å². The van der Waals surface area contributed by atoms with E-state index in [9.17, 15) is 14.7 Å². The summed E-state index contributed by atoms with van der Waals surface area (Å²) in [5.74, 6) is -0.127. The average Bonchev–Trinajstić information content (AvgIpc) is 2.62. The first kappa shape index (κ1) is 15.7. The Bertz CT molecular complexity index is 1010. The molecule has 1 aromatic heterocycles. The van der Waals surface area contributed by atoms with Gasteiger partial charge in [-0.1, -0.05) is 0 Å². The number of carbonyl (C=O) groups excluding carboxylic acids is 1. The van der Waals surface area contributed by atoms with E-state index < -0.39 is 5.63 Å². The number of hydrogen-bond donors (Lipinski definition) is 1. The molecule has 4 rings (SSSR count). The first-order valence-electron chi connectivity index (χ1n) is 8.11. The normalized spacial score (nSPS) is 15.5. The molecule has 6 heteroatoms. The Morgan fingerprint density at radius 1 is 1.04 bits per heavy atom. The third-order valence-electron chi connectivity index (χ3n) is 4.44. The lowest BCUT2D eigenvalue weighted by atomic mass is 10.0. The maximum atomic E-state index is 12.2. The number of hydrogen-bond acceptors (Lipinski definition) is 6. The molecule has 0 unspecified atom stereocenters. The van der Waals surface area contributed by atoms with E-state index in [0.717, 1.165) is 0 Å². The molecule has 2 heterocycles. The van der Waals surface area contributed by atoms with Crippen LogP contribution in [0.5, 0.6) is 11.5 Å². The second-order valence-corrected chi connectivity index (χ2v) is 6.09. The van der Waals surface area contributed by atoms with Gasteiger partial charge in [-0.15, -0.1) is 0 Å². The van der Waals surface area contributed by atoms with E-state index >= 15 is 0 Å². The summed E-state index contributed by atoms with van der Waals surface area (Å²) in [6, 6.07) is 9.51. The summed E-state index contributed by atoms with van der Waals surface area (Å²) in [6.07, 6.45) is 1.30. The smallest absolute Gasteiger partial charge is 0.344 e. The lowest BCUT2D eigenvalue weighted by Crippen LogP contribution is -2.27. The van der Waals surface area contributed by atoms with E-state index in [1.807, 2.05) is 0 Å². The van der Waals surface area contributed by atoms with Crippen molar-refractivity contribution in [2.75, 3.05) is 13.2 Å². The molecule has 6 nitrogen and oxygen atoms in total. The summed E-state index contributed by atoms with van der Waals surface area (Å²) < 4.78 is 16.0. The van der Waals surface area contributed by atoms with Crippen LogP contribution in [0.2, 0.25) is 0 Å². The summed E-state index contributed by atoms with van der Waals surface area (Å²) in [5, 5.41) is 11.2. The minimum absolute atomic E-state index is 0.00108. The summed E-state index contributed by atoms with van der Waals surface area (Å²) in [4.78, 5) is 24.3. The maximum Gasteiger partial charge on any atom is 0.344 e. The van der Waals surface area contributed by atoms with Gasteiger partial charge in [-0.3, -0.25) is 4.79 Å². The number of rotatable bonds is 2. The van der Waals surface area contributed by atoms with Gasteiger partial charge in [-0.2, -0.15) is 0 Å². The Kier molecular flexibility index (Phi) is 3.89. The molecule has 3 aromatic rings. The van der Waals surface area contributed by atoms with Crippen LogP contribution in [0.15, 0.2) is 45.6 Å². The number of esters is 1. The molecule has 1 aliphatic heterocycles. The SMILES string of the molecule is O=C(Oc1ccc2c(c1)oc(=O)c1cc(O)ccc12)C1CCOCC1. The predicted octanol–water partition coefficient (Wildman–Crippen LogP) is 2.98. The van der Waals surface area contributed by atoms with Crippen molar-refractivity contribution in [3.63, 3.8) is 0 Å². The molecule has 0 atom stereocenters. The highest BCUT2D eigenvalue weighted by Crippen LogP contribution is 2.29. The van der Waals surface area contributed by atoms with E-state index in [1.165, 1.54) is 12.1 Å². The van der Waals surface area contributed by atoms with Crippen molar-refractivity contribution >= 4 is 27.7 Å². The van der Waals surface area contributed by atoms with Crippen LogP contribution < -0.4 is 10.4 Å². The van der Waals surface area contributed by atoms with Gasteiger partial charge in [0.05, 0.1) is 11.3 Å². The largest absolute Gasteiger partial charge is 0.508 e. The van der Waals surface area contributed by atoms with E-state index in [-0.39, 0.29) is 17.6 Å². The van der Waals surface area contributed by atoms with Crippen LogP contribution >= 0.6 is 0 Å². The number of carbonyl (C=O) groups is 1. The molecule has 1 aliphatic rings. The van der Waals surface area contributed by atoms with Crippen LogP contribution in [0.1, 0.15) is 12.8 Å². The standard InChI is InChI=1S/C19H16O6/c20-12-1-3-14-15-4-2-13(10-17(15)25-19(22)16(14)9-12)24-18(21)11-5-7-23-8-6-11/h1-4,9-11,20H,5-8H2. The molecule has 128 valence electrons. The van der Waals surface area contributed by atoms with Crippen LogP contribution in [0.25, 0.3) is 21.7 Å². The summed E-state index contributed by atoms with van der Waals surface area (Å²) in [6.45, 7) is 1.12. The fourth-order valence-corrected chi connectivity index (χ4v) is 3.10. The first-order chi connectivity index (χ1) is 12.1. The van der Waals surface area contributed by atoms with Gasteiger partial charge in [0.2, 0.25) is 0 Å². The first-order valence-corrected chi connectivity index (χ1v) is 8.11. The molecule has 0 radical (unpaired) electrons. The molecule has 0 bridgehead atoms. The molecule has 1 N–H and O–H groups in total.